The van der Waals surface area contributed by atoms with Crippen molar-refractivity contribution < 1.29 is 9.53 Å². The Morgan fingerprint density at radius 1 is 1.36 bits per heavy atom. The van der Waals surface area contributed by atoms with Gasteiger partial charge in [-0.05, 0) is 45.0 Å². The van der Waals surface area contributed by atoms with Gasteiger partial charge in [-0.15, -0.1) is 0 Å². The maximum Gasteiger partial charge on any atom is 0.251 e. The molecule has 2 aromatic rings. The number of benzene rings is 1. The highest BCUT2D eigenvalue weighted by molar-refractivity contribution is 8.00. The Morgan fingerprint density at radius 3 is 2.64 bits per heavy atom. The summed E-state index contributed by atoms with van der Waals surface area (Å²) in [4.78, 5) is 30.7. The Bertz CT molecular complexity index is 710. The maximum absolute atomic E-state index is 12.4. The SMILES string of the molecule is CCOc1ccc(C(=O)C(C)Sc2nc(C)cc(=O)[nH]2)cc1. The fraction of sp³-hybridized carbons (Fsp3) is 0.312. The summed E-state index contributed by atoms with van der Waals surface area (Å²) < 4.78 is 5.36. The van der Waals surface area contributed by atoms with Crippen molar-refractivity contribution in [2.45, 2.75) is 31.2 Å². The second-order valence-corrected chi connectivity index (χ2v) is 6.10. The van der Waals surface area contributed by atoms with Crippen molar-refractivity contribution in [2.75, 3.05) is 6.61 Å². The predicted molar refractivity (Wildman–Crippen MR) is 86.9 cm³/mol. The average Bonchev–Trinajstić information content (AvgIpc) is 2.46. The molecule has 0 saturated heterocycles. The quantitative estimate of drug-likeness (QED) is 0.504. The fourth-order valence-electron chi connectivity index (χ4n) is 1.95. The van der Waals surface area contributed by atoms with Crippen LogP contribution in [0.1, 0.15) is 29.9 Å². The van der Waals surface area contributed by atoms with Crippen LogP contribution in [0, 0.1) is 6.92 Å². The van der Waals surface area contributed by atoms with Crippen LogP contribution in [-0.2, 0) is 0 Å². The molecule has 5 nitrogen and oxygen atoms in total. The van der Waals surface area contributed by atoms with Crippen molar-refractivity contribution in [3.8, 4) is 5.75 Å². The number of aryl methyl sites for hydroxylation is 1. The first-order valence-electron chi connectivity index (χ1n) is 7.01. The van der Waals surface area contributed by atoms with Gasteiger partial charge < -0.3 is 9.72 Å². The number of Topliss-reactive ketones (excluding diaryl/α,β-unsaturated/α-hetero) is 1. The summed E-state index contributed by atoms with van der Waals surface area (Å²) in [6.07, 6.45) is 0. The summed E-state index contributed by atoms with van der Waals surface area (Å²) in [6.45, 7) is 6.05. The van der Waals surface area contributed by atoms with Gasteiger partial charge in [-0.3, -0.25) is 9.59 Å². The molecule has 1 aromatic carbocycles. The van der Waals surface area contributed by atoms with Crippen LogP contribution in [0.2, 0.25) is 0 Å². The Morgan fingerprint density at radius 2 is 2.05 bits per heavy atom. The summed E-state index contributed by atoms with van der Waals surface area (Å²) in [5.74, 6) is 0.723. The standard InChI is InChI=1S/C16H18N2O3S/c1-4-21-13-7-5-12(6-8-13)15(20)11(3)22-16-17-10(2)9-14(19)18-16/h5-9,11H,4H2,1-3H3,(H,17,18,19). The minimum absolute atomic E-state index is 0.0165. The molecule has 2 rings (SSSR count). The van der Waals surface area contributed by atoms with Crippen LogP contribution >= 0.6 is 11.8 Å². The lowest BCUT2D eigenvalue weighted by Crippen LogP contribution is -2.16. The highest BCUT2D eigenvalue weighted by atomic mass is 32.2. The second kappa shape index (κ2) is 7.26. The minimum Gasteiger partial charge on any atom is -0.494 e. The van der Waals surface area contributed by atoms with E-state index in [1.165, 1.54) is 17.8 Å². The van der Waals surface area contributed by atoms with Gasteiger partial charge in [0.05, 0.1) is 11.9 Å². The third kappa shape index (κ3) is 4.21. The lowest BCUT2D eigenvalue weighted by Gasteiger charge is -2.10. The van der Waals surface area contributed by atoms with Crippen LogP contribution in [0.5, 0.6) is 5.75 Å². The molecule has 0 radical (unpaired) electrons. The molecule has 1 atom stereocenters. The number of carbonyl (C=O) groups excluding carboxylic acids is 1. The van der Waals surface area contributed by atoms with Gasteiger partial charge in [0, 0.05) is 17.3 Å². The largest absolute Gasteiger partial charge is 0.494 e. The van der Waals surface area contributed by atoms with E-state index in [9.17, 15) is 9.59 Å². The number of hydrogen-bond acceptors (Lipinski definition) is 5. The van der Waals surface area contributed by atoms with Gasteiger partial charge in [-0.2, -0.15) is 0 Å². The highest BCUT2D eigenvalue weighted by Gasteiger charge is 2.18. The molecular weight excluding hydrogens is 300 g/mol. The van der Waals surface area contributed by atoms with E-state index >= 15 is 0 Å². The summed E-state index contributed by atoms with van der Waals surface area (Å²) in [7, 11) is 0. The van der Waals surface area contributed by atoms with Crippen molar-refractivity contribution in [3.05, 3.63) is 51.9 Å². The van der Waals surface area contributed by atoms with Gasteiger partial charge in [0.1, 0.15) is 5.75 Å². The molecular formula is C16H18N2O3S. The molecule has 0 aliphatic carbocycles. The van der Waals surface area contributed by atoms with Gasteiger partial charge >= 0.3 is 0 Å². The van der Waals surface area contributed by atoms with Crippen LogP contribution in [0.15, 0.2) is 40.3 Å². The zero-order chi connectivity index (χ0) is 16.1. The molecule has 0 bridgehead atoms. The summed E-state index contributed by atoms with van der Waals surface area (Å²) in [5, 5.41) is 0.111. The number of aromatic amines is 1. The van der Waals surface area contributed by atoms with Gasteiger partial charge in [0.2, 0.25) is 0 Å². The van der Waals surface area contributed by atoms with E-state index in [-0.39, 0.29) is 16.6 Å². The number of thioether (sulfide) groups is 1. The third-order valence-corrected chi connectivity index (χ3v) is 3.94. The lowest BCUT2D eigenvalue weighted by atomic mass is 10.1. The molecule has 1 unspecified atom stereocenters. The fourth-order valence-corrected chi connectivity index (χ4v) is 2.88. The number of ether oxygens (including phenoxy) is 1. The molecule has 0 aliphatic rings. The Hall–Kier alpha value is -2.08. The number of H-pyrrole nitrogens is 1. The predicted octanol–water partition coefficient (Wildman–Crippen LogP) is 2.84. The molecule has 0 amide bonds. The van der Waals surface area contributed by atoms with E-state index in [4.69, 9.17) is 4.74 Å². The summed E-state index contributed by atoms with van der Waals surface area (Å²) >= 11 is 1.24. The van der Waals surface area contributed by atoms with Crippen LogP contribution in [0.25, 0.3) is 0 Å². The third-order valence-electron chi connectivity index (χ3n) is 2.96. The molecule has 116 valence electrons. The average molecular weight is 318 g/mol. The van der Waals surface area contributed by atoms with Gasteiger partial charge in [-0.1, -0.05) is 11.8 Å². The number of nitrogens with one attached hydrogen (secondary N) is 1. The van der Waals surface area contributed by atoms with Crippen molar-refractivity contribution in [1.82, 2.24) is 9.97 Å². The molecule has 0 aliphatic heterocycles. The molecule has 1 heterocycles. The molecule has 0 saturated carbocycles. The van der Waals surface area contributed by atoms with E-state index in [1.807, 2.05) is 6.92 Å². The van der Waals surface area contributed by atoms with Crippen LogP contribution in [-0.4, -0.2) is 27.6 Å². The minimum atomic E-state index is -0.345. The first-order chi connectivity index (χ1) is 10.5. The van der Waals surface area contributed by atoms with Crippen LogP contribution in [0.3, 0.4) is 0 Å². The Labute approximate surface area is 133 Å². The summed E-state index contributed by atoms with van der Waals surface area (Å²) in [6, 6.07) is 8.47. The van der Waals surface area contributed by atoms with Gasteiger partial charge in [-0.25, -0.2) is 4.98 Å². The van der Waals surface area contributed by atoms with E-state index < -0.39 is 0 Å². The zero-order valence-electron chi connectivity index (χ0n) is 12.8. The molecule has 1 aromatic heterocycles. The maximum atomic E-state index is 12.4. The van der Waals surface area contributed by atoms with Crippen LogP contribution < -0.4 is 10.3 Å². The van der Waals surface area contributed by atoms with E-state index in [2.05, 4.69) is 9.97 Å². The molecule has 6 heteroatoms. The highest BCUT2D eigenvalue weighted by Crippen LogP contribution is 2.23. The van der Waals surface area contributed by atoms with Gasteiger partial charge in [0.25, 0.3) is 5.56 Å². The van der Waals surface area contributed by atoms with Crippen molar-refractivity contribution in [3.63, 3.8) is 0 Å². The first-order valence-corrected chi connectivity index (χ1v) is 7.89. The molecule has 0 spiro atoms. The number of nitrogens with zero attached hydrogens (tertiary/aromatic N) is 1. The van der Waals surface area contributed by atoms with Crippen molar-refractivity contribution >= 4 is 17.5 Å². The van der Waals surface area contributed by atoms with Gasteiger partial charge in [0.15, 0.2) is 10.9 Å². The number of carbonyl (C=O) groups is 1. The van der Waals surface area contributed by atoms with E-state index in [0.29, 0.717) is 23.0 Å². The molecule has 0 fully saturated rings. The summed E-state index contributed by atoms with van der Waals surface area (Å²) in [5.41, 5.74) is 1.03. The Kier molecular flexibility index (Phi) is 5.38. The van der Waals surface area contributed by atoms with Crippen molar-refractivity contribution in [2.24, 2.45) is 0 Å². The lowest BCUT2D eigenvalue weighted by molar-refractivity contribution is 0.0994. The topological polar surface area (TPSA) is 72.0 Å². The smallest absolute Gasteiger partial charge is 0.251 e. The monoisotopic (exact) mass is 318 g/mol. The number of rotatable bonds is 6. The molecule has 22 heavy (non-hydrogen) atoms. The second-order valence-electron chi connectivity index (χ2n) is 4.77. The number of ketones is 1. The number of hydrogen-bond donors (Lipinski definition) is 1. The number of aromatic nitrogens is 2. The first kappa shape index (κ1) is 16.3. The van der Waals surface area contributed by atoms with Crippen LogP contribution in [0.4, 0.5) is 0 Å². The van der Waals surface area contributed by atoms with E-state index in [1.54, 1.807) is 38.1 Å². The molecule has 1 N–H and O–H groups in total. The Balaban J connectivity index is 2.09. The normalized spacial score (nSPS) is 12.0. The zero-order valence-corrected chi connectivity index (χ0v) is 13.6. The van der Waals surface area contributed by atoms with Crippen molar-refractivity contribution in [1.29, 1.82) is 0 Å². The van der Waals surface area contributed by atoms with E-state index in [0.717, 1.165) is 5.75 Å².